The molecule has 3 aromatic rings. The van der Waals surface area contributed by atoms with Crippen LogP contribution in [0.25, 0.3) is 22.1 Å². The molecular formula is C18H15NO. The molecule has 0 amide bonds. The van der Waals surface area contributed by atoms with Crippen molar-refractivity contribution in [1.82, 2.24) is 0 Å². The Bertz CT molecular complexity index is 791. The number of hydrogen-bond acceptors (Lipinski definition) is 2. The maximum absolute atomic E-state index is 9.32. The Balaban J connectivity index is 2.33. The maximum atomic E-state index is 9.32. The van der Waals surface area contributed by atoms with Gasteiger partial charge in [0.15, 0.2) is 0 Å². The molecule has 0 aliphatic carbocycles. The third kappa shape index (κ3) is 1.98. The smallest absolute Gasteiger partial charge is 0.212 e. The van der Waals surface area contributed by atoms with Crippen LogP contribution in [0.5, 0.6) is 0 Å². The van der Waals surface area contributed by atoms with E-state index in [0.717, 1.165) is 22.1 Å². The molecule has 1 aromatic heterocycles. The van der Waals surface area contributed by atoms with Gasteiger partial charge in [-0.05, 0) is 29.2 Å². The van der Waals surface area contributed by atoms with Crippen molar-refractivity contribution >= 4 is 11.0 Å². The van der Waals surface area contributed by atoms with Gasteiger partial charge in [-0.1, -0.05) is 50.2 Å². The summed E-state index contributed by atoms with van der Waals surface area (Å²) in [6.07, 6.45) is 0. The fraction of sp³-hybridized carbons (Fsp3) is 0.167. The molecule has 0 aliphatic rings. The highest BCUT2D eigenvalue weighted by Gasteiger charge is 2.16. The quantitative estimate of drug-likeness (QED) is 0.644. The van der Waals surface area contributed by atoms with Gasteiger partial charge in [0.25, 0.3) is 0 Å². The molecule has 0 N–H and O–H groups in total. The molecule has 0 atom stereocenters. The molecule has 2 aromatic carbocycles. The first-order chi connectivity index (χ1) is 9.70. The number of furan rings is 1. The second-order valence-corrected chi connectivity index (χ2v) is 5.19. The maximum Gasteiger partial charge on any atom is 0.212 e. The minimum absolute atomic E-state index is 0.382. The van der Waals surface area contributed by atoms with Gasteiger partial charge in [-0.3, -0.25) is 0 Å². The van der Waals surface area contributed by atoms with Crippen LogP contribution in [-0.4, -0.2) is 0 Å². The van der Waals surface area contributed by atoms with E-state index in [4.69, 9.17) is 4.42 Å². The lowest BCUT2D eigenvalue weighted by Gasteiger charge is -2.05. The molecule has 0 aliphatic heterocycles. The van der Waals surface area contributed by atoms with Crippen LogP contribution in [0.1, 0.15) is 31.1 Å². The van der Waals surface area contributed by atoms with Crippen molar-refractivity contribution in [3.63, 3.8) is 0 Å². The first kappa shape index (κ1) is 12.5. The van der Waals surface area contributed by atoms with Crippen molar-refractivity contribution in [3.05, 3.63) is 59.9 Å². The Morgan fingerprint density at radius 3 is 2.45 bits per heavy atom. The van der Waals surface area contributed by atoms with Crippen molar-refractivity contribution in [3.8, 4) is 17.2 Å². The van der Waals surface area contributed by atoms with Gasteiger partial charge in [0, 0.05) is 10.9 Å². The number of nitriles is 1. The van der Waals surface area contributed by atoms with E-state index in [1.165, 1.54) is 5.56 Å². The minimum Gasteiger partial charge on any atom is -0.445 e. The summed E-state index contributed by atoms with van der Waals surface area (Å²) in [7, 11) is 0. The Morgan fingerprint density at radius 1 is 1.05 bits per heavy atom. The average molecular weight is 261 g/mol. The Morgan fingerprint density at radius 2 is 1.80 bits per heavy atom. The minimum atomic E-state index is 0.382. The molecule has 0 saturated carbocycles. The summed E-state index contributed by atoms with van der Waals surface area (Å²) in [6, 6.07) is 18.2. The molecule has 0 fully saturated rings. The molecule has 0 spiro atoms. The van der Waals surface area contributed by atoms with E-state index in [2.05, 4.69) is 32.0 Å². The zero-order valence-corrected chi connectivity index (χ0v) is 11.6. The van der Waals surface area contributed by atoms with E-state index in [1.54, 1.807) is 0 Å². The number of rotatable bonds is 2. The second kappa shape index (κ2) is 4.86. The van der Waals surface area contributed by atoms with Crippen molar-refractivity contribution in [2.45, 2.75) is 19.8 Å². The normalized spacial score (nSPS) is 10.9. The molecule has 3 rings (SSSR count). The lowest BCUT2D eigenvalue weighted by atomic mass is 9.97. The van der Waals surface area contributed by atoms with Crippen molar-refractivity contribution in [2.75, 3.05) is 0 Å². The first-order valence-electron chi connectivity index (χ1n) is 6.72. The van der Waals surface area contributed by atoms with Crippen LogP contribution in [0.15, 0.2) is 52.9 Å². The summed E-state index contributed by atoms with van der Waals surface area (Å²) >= 11 is 0. The van der Waals surface area contributed by atoms with Gasteiger partial charge in [-0.25, -0.2) is 0 Å². The zero-order chi connectivity index (χ0) is 14.1. The number of benzene rings is 2. The predicted octanol–water partition coefficient (Wildman–Crippen LogP) is 5.09. The van der Waals surface area contributed by atoms with Crippen LogP contribution in [-0.2, 0) is 0 Å². The fourth-order valence-electron chi connectivity index (χ4n) is 2.44. The Kier molecular flexibility index (Phi) is 3.04. The van der Waals surface area contributed by atoms with Crippen molar-refractivity contribution < 1.29 is 4.42 Å². The van der Waals surface area contributed by atoms with E-state index in [1.807, 2.05) is 36.4 Å². The molecule has 98 valence electrons. The molecule has 1 heterocycles. The monoisotopic (exact) mass is 261 g/mol. The third-order valence-corrected chi connectivity index (χ3v) is 3.54. The summed E-state index contributed by atoms with van der Waals surface area (Å²) in [5, 5.41) is 10.3. The summed E-state index contributed by atoms with van der Waals surface area (Å²) in [5.41, 5.74) is 3.93. The second-order valence-electron chi connectivity index (χ2n) is 5.19. The van der Waals surface area contributed by atoms with Gasteiger partial charge in [-0.2, -0.15) is 5.26 Å². The number of hydrogen-bond donors (Lipinski definition) is 0. The van der Waals surface area contributed by atoms with E-state index < -0.39 is 0 Å². The number of nitrogens with zero attached hydrogens (tertiary/aromatic N) is 1. The predicted molar refractivity (Wildman–Crippen MR) is 80.5 cm³/mol. The molecule has 0 saturated heterocycles. The van der Waals surface area contributed by atoms with Crippen LogP contribution in [0.4, 0.5) is 0 Å². The lowest BCUT2D eigenvalue weighted by Crippen LogP contribution is -1.86. The summed E-state index contributed by atoms with van der Waals surface area (Å²) < 4.78 is 5.68. The largest absolute Gasteiger partial charge is 0.445 e. The average Bonchev–Trinajstić information content (AvgIpc) is 2.85. The van der Waals surface area contributed by atoms with Gasteiger partial charge >= 0.3 is 0 Å². The molecular weight excluding hydrogens is 246 g/mol. The van der Waals surface area contributed by atoms with Gasteiger partial charge in [-0.15, -0.1) is 0 Å². The number of fused-ring (bicyclic) bond motifs is 1. The van der Waals surface area contributed by atoms with Crippen LogP contribution >= 0.6 is 0 Å². The van der Waals surface area contributed by atoms with Crippen LogP contribution < -0.4 is 0 Å². The van der Waals surface area contributed by atoms with Crippen LogP contribution in [0, 0.1) is 11.3 Å². The van der Waals surface area contributed by atoms with Gasteiger partial charge < -0.3 is 4.42 Å². The molecule has 2 nitrogen and oxygen atoms in total. The van der Waals surface area contributed by atoms with E-state index >= 15 is 0 Å². The van der Waals surface area contributed by atoms with Gasteiger partial charge in [0.05, 0.1) is 0 Å². The Hall–Kier alpha value is -2.53. The molecule has 0 unspecified atom stereocenters. The molecule has 2 heteroatoms. The van der Waals surface area contributed by atoms with Crippen LogP contribution in [0.2, 0.25) is 0 Å². The highest BCUT2D eigenvalue weighted by Crippen LogP contribution is 2.35. The summed E-state index contributed by atoms with van der Waals surface area (Å²) in [5.74, 6) is 0.829. The highest BCUT2D eigenvalue weighted by molar-refractivity contribution is 5.97. The summed E-state index contributed by atoms with van der Waals surface area (Å²) in [4.78, 5) is 0. The van der Waals surface area contributed by atoms with E-state index in [-0.39, 0.29) is 0 Å². The zero-order valence-electron chi connectivity index (χ0n) is 11.6. The standard InChI is InChI=1S/C18H15NO/c1-12(2)14-8-9-16-15(10-14)18(17(11-19)20-16)13-6-4-3-5-7-13/h3-10,12H,1-2H3. The third-order valence-electron chi connectivity index (χ3n) is 3.54. The van der Waals surface area contributed by atoms with E-state index in [9.17, 15) is 5.26 Å². The van der Waals surface area contributed by atoms with Gasteiger partial charge in [0.2, 0.25) is 5.76 Å². The highest BCUT2D eigenvalue weighted by atomic mass is 16.3. The Labute approximate surface area is 118 Å². The fourth-order valence-corrected chi connectivity index (χ4v) is 2.44. The van der Waals surface area contributed by atoms with Gasteiger partial charge in [0.1, 0.15) is 11.7 Å². The SMILES string of the molecule is CC(C)c1ccc2oc(C#N)c(-c3ccccc3)c2c1. The molecule has 0 radical (unpaired) electrons. The van der Waals surface area contributed by atoms with Crippen molar-refractivity contribution in [2.24, 2.45) is 0 Å². The van der Waals surface area contributed by atoms with Crippen LogP contribution in [0.3, 0.4) is 0 Å². The topological polar surface area (TPSA) is 36.9 Å². The first-order valence-corrected chi connectivity index (χ1v) is 6.72. The summed E-state index contributed by atoms with van der Waals surface area (Å²) in [6.45, 7) is 4.32. The lowest BCUT2D eigenvalue weighted by molar-refractivity contribution is 0.600. The van der Waals surface area contributed by atoms with E-state index in [0.29, 0.717) is 11.7 Å². The van der Waals surface area contributed by atoms with Crippen molar-refractivity contribution in [1.29, 1.82) is 5.26 Å². The molecule has 20 heavy (non-hydrogen) atoms. The molecule has 0 bridgehead atoms.